The number of halogens is 1. The van der Waals surface area contributed by atoms with E-state index in [-0.39, 0.29) is 41.7 Å². The number of alkyl carbamates (subject to hydrolysis) is 1. The highest BCUT2D eigenvalue weighted by atomic mass is 19.1. The Hall–Kier alpha value is -2.43. The Labute approximate surface area is 229 Å². The molecular weight excluding hydrogens is 505 g/mol. The lowest BCUT2D eigenvalue weighted by Gasteiger charge is -2.43. The van der Waals surface area contributed by atoms with Crippen LogP contribution in [0.3, 0.4) is 0 Å². The molecule has 4 fully saturated rings. The number of benzene rings is 1. The molecule has 9 nitrogen and oxygen atoms in total. The summed E-state index contributed by atoms with van der Waals surface area (Å²) in [5, 5.41) is 3.12. The maximum atomic E-state index is 14.4. The molecule has 39 heavy (non-hydrogen) atoms. The first-order chi connectivity index (χ1) is 19.0. The second kappa shape index (κ2) is 11.6. The summed E-state index contributed by atoms with van der Waals surface area (Å²) in [6.07, 6.45) is 7.26. The average molecular weight is 546 g/mol. The Morgan fingerprint density at radius 3 is 2.41 bits per heavy atom. The van der Waals surface area contributed by atoms with Gasteiger partial charge in [-0.05, 0) is 69.0 Å². The first kappa shape index (κ1) is 26.8. The Kier molecular flexibility index (Phi) is 7.95. The number of fused-ring (bicyclic) bond motifs is 2. The lowest BCUT2D eigenvalue weighted by Crippen LogP contribution is -2.50. The van der Waals surface area contributed by atoms with Crippen molar-refractivity contribution >= 4 is 17.9 Å². The van der Waals surface area contributed by atoms with Crippen LogP contribution in [0.1, 0.15) is 63.4 Å². The maximum absolute atomic E-state index is 14.4. The van der Waals surface area contributed by atoms with Crippen molar-refractivity contribution < 1.29 is 32.9 Å². The first-order valence-corrected chi connectivity index (χ1v) is 14.6. The molecular formula is C29H40FN3O6. The van der Waals surface area contributed by atoms with Crippen LogP contribution in [-0.4, -0.2) is 87.4 Å². The van der Waals surface area contributed by atoms with Crippen molar-refractivity contribution in [3.05, 3.63) is 29.6 Å². The molecule has 3 saturated heterocycles. The molecule has 1 aromatic carbocycles. The van der Waals surface area contributed by atoms with Crippen LogP contribution in [0.5, 0.6) is 0 Å². The highest BCUT2D eigenvalue weighted by Gasteiger charge is 2.48. The Balaban J connectivity index is 1.09. The number of likely N-dealkylation sites (tertiary alicyclic amines) is 1. The number of carbonyl (C=O) groups is 2. The van der Waals surface area contributed by atoms with Gasteiger partial charge in [0.25, 0.3) is 0 Å². The van der Waals surface area contributed by atoms with Crippen molar-refractivity contribution in [2.24, 2.45) is 0 Å². The van der Waals surface area contributed by atoms with Crippen molar-refractivity contribution in [2.75, 3.05) is 51.0 Å². The van der Waals surface area contributed by atoms with E-state index < -0.39 is 0 Å². The van der Waals surface area contributed by atoms with E-state index in [1.54, 1.807) is 17.0 Å². The Morgan fingerprint density at radius 2 is 1.69 bits per heavy atom. The second-order valence-corrected chi connectivity index (χ2v) is 11.8. The molecule has 214 valence electrons. The molecule has 1 saturated carbocycles. The van der Waals surface area contributed by atoms with Crippen molar-refractivity contribution in [3.8, 4) is 0 Å². The molecule has 4 heterocycles. The highest BCUT2D eigenvalue weighted by molar-refractivity contribution is 5.91. The zero-order chi connectivity index (χ0) is 26.8. The van der Waals surface area contributed by atoms with Crippen LogP contribution in [0.15, 0.2) is 18.2 Å². The van der Waals surface area contributed by atoms with E-state index in [1.165, 1.54) is 6.07 Å². The van der Waals surface area contributed by atoms with Crippen LogP contribution >= 0.6 is 0 Å². The zero-order valence-electron chi connectivity index (χ0n) is 22.6. The second-order valence-electron chi connectivity index (χ2n) is 11.8. The van der Waals surface area contributed by atoms with Crippen LogP contribution < -0.4 is 10.2 Å². The van der Waals surface area contributed by atoms with Gasteiger partial charge in [0.1, 0.15) is 18.0 Å². The summed E-state index contributed by atoms with van der Waals surface area (Å²) in [4.78, 5) is 29.9. The summed E-state index contributed by atoms with van der Waals surface area (Å²) in [6.45, 7) is 4.41. The SMILES string of the molecule is O=C(NC1CCCCC(N2CCC3(CC2)CN(C(=O)O[C@@H]2CCOC2)c2ccc(F)cc23)C1)O[C@H]1CCOC1. The average Bonchev–Trinajstić information content (AvgIpc) is 3.65. The molecule has 0 bridgehead atoms. The number of rotatable bonds is 4. The van der Waals surface area contributed by atoms with E-state index in [0.29, 0.717) is 45.4 Å². The van der Waals surface area contributed by atoms with Gasteiger partial charge in [-0.1, -0.05) is 12.8 Å². The molecule has 1 N–H and O–H groups in total. The molecule has 0 radical (unpaired) electrons. The number of piperidine rings is 1. The van der Waals surface area contributed by atoms with Crippen molar-refractivity contribution in [3.63, 3.8) is 0 Å². The standard InChI is InChI=1S/C29H40FN3O6/c30-20-5-6-26-25(15-20)29(19-33(26)28(35)39-24-8-14-37-18-24)9-11-32(12-10-29)22-4-2-1-3-21(16-22)31-27(34)38-23-7-13-36-17-23/h5-6,15,21-24H,1-4,7-14,16-19H2,(H,31,34)/t21?,22?,23-,24+/m0/s1. The van der Waals surface area contributed by atoms with Crippen molar-refractivity contribution in [1.29, 1.82) is 0 Å². The molecule has 5 aliphatic rings. The number of nitrogens with zero attached hydrogens (tertiary/aromatic N) is 2. The first-order valence-electron chi connectivity index (χ1n) is 14.6. The fraction of sp³-hybridized carbons (Fsp3) is 0.724. The number of ether oxygens (including phenoxy) is 4. The number of carbonyl (C=O) groups excluding carboxylic acids is 2. The van der Waals surface area contributed by atoms with Crippen LogP contribution in [0.2, 0.25) is 0 Å². The fourth-order valence-electron chi connectivity index (χ4n) is 7.12. The number of hydrogen-bond donors (Lipinski definition) is 1. The third kappa shape index (κ3) is 5.88. The molecule has 2 unspecified atom stereocenters. The van der Waals surface area contributed by atoms with Gasteiger partial charge < -0.3 is 29.2 Å². The molecule has 4 atom stereocenters. The molecule has 4 aliphatic heterocycles. The van der Waals surface area contributed by atoms with Gasteiger partial charge in [-0.2, -0.15) is 0 Å². The summed E-state index contributed by atoms with van der Waals surface area (Å²) in [5.41, 5.74) is 1.40. The summed E-state index contributed by atoms with van der Waals surface area (Å²) in [6, 6.07) is 5.23. The minimum atomic E-state index is -0.369. The monoisotopic (exact) mass is 545 g/mol. The smallest absolute Gasteiger partial charge is 0.414 e. The third-order valence-electron chi connectivity index (χ3n) is 9.31. The molecule has 0 aromatic heterocycles. The summed E-state index contributed by atoms with van der Waals surface area (Å²) in [7, 11) is 0. The van der Waals surface area contributed by atoms with Gasteiger partial charge in [0.15, 0.2) is 0 Å². The Morgan fingerprint density at radius 1 is 0.974 bits per heavy atom. The number of amides is 2. The number of nitrogens with one attached hydrogen (secondary N) is 1. The molecule has 10 heteroatoms. The van der Waals surface area contributed by atoms with Gasteiger partial charge in [-0.15, -0.1) is 0 Å². The van der Waals surface area contributed by atoms with Gasteiger partial charge in [0.2, 0.25) is 0 Å². The molecule has 2 amide bonds. The third-order valence-corrected chi connectivity index (χ3v) is 9.31. The van der Waals surface area contributed by atoms with E-state index in [9.17, 15) is 14.0 Å². The molecule has 6 rings (SSSR count). The normalized spacial score (nSPS) is 30.6. The van der Waals surface area contributed by atoms with Crippen LogP contribution in [0, 0.1) is 5.82 Å². The largest absolute Gasteiger partial charge is 0.444 e. The van der Waals surface area contributed by atoms with E-state index in [4.69, 9.17) is 18.9 Å². The molecule has 1 spiro atoms. The van der Waals surface area contributed by atoms with E-state index in [0.717, 1.165) is 75.7 Å². The quantitative estimate of drug-likeness (QED) is 0.570. The minimum absolute atomic E-state index is 0.0920. The van der Waals surface area contributed by atoms with Gasteiger partial charge >= 0.3 is 12.2 Å². The fourth-order valence-corrected chi connectivity index (χ4v) is 7.12. The van der Waals surface area contributed by atoms with Gasteiger partial charge in [-0.25, -0.2) is 14.0 Å². The summed E-state index contributed by atoms with van der Waals surface area (Å²) < 4.78 is 36.4. The topological polar surface area (TPSA) is 89.6 Å². The predicted octanol–water partition coefficient (Wildman–Crippen LogP) is 4.12. The van der Waals surface area contributed by atoms with E-state index >= 15 is 0 Å². The van der Waals surface area contributed by atoms with Gasteiger partial charge in [0.05, 0.1) is 32.1 Å². The van der Waals surface area contributed by atoms with Crippen LogP contribution in [0.4, 0.5) is 19.7 Å². The summed E-state index contributed by atoms with van der Waals surface area (Å²) in [5.74, 6) is -0.274. The lowest BCUT2D eigenvalue weighted by molar-refractivity contribution is 0.0759. The minimum Gasteiger partial charge on any atom is -0.444 e. The van der Waals surface area contributed by atoms with Crippen LogP contribution in [-0.2, 0) is 24.4 Å². The number of anilines is 1. The van der Waals surface area contributed by atoms with Crippen molar-refractivity contribution in [1.82, 2.24) is 10.2 Å². The van der Waals surface area contributed by atoms with Crippen LogP contribution in [0.25, 0.3) is 0 Å². The molecule has 1 aliphatic carbocycles. The van der Waals surface area contributed by atoms with Gasteiger partial charge in [-0.3, -0.25) is 4.90 Å². The number of hydrogen-bond acceptors (Lipinski definition) is 7. The molecule has 1 aromatic rings. The predicted molar refractivity (Wildman–Crippen MR) is 141 cm³/mol. The van der Waals surface area contributed by atoms with E-state index in [2.05, 4.69) is 10.2 Å². The maximum Gasteiger partial charge on any atom is 0.414 e. The summed E-state index contributed by atoms with van der Waals surface area (Å²) >= 11 is 0. The van der Waals surface area contributed by atoms with Gasteiger partial charge in [0, 0.05) is 36.9 Å². The highest BCUT2D eigenvalue weighted by Crippen LogP contribution is 2.48. The Bertz CT molecular complexity index is 1040. The van der Waals surface area contributed by atoms with E-state index in [1.807, 2.05) is 0 Å². The zero-order valence-corrected chi connectivity index (χ0v) is 22.6. The van der Waals surface area contributed by atoms with Crippen molar-refractivity contribution in [2.45, 2.75) is 87.5 Å². The lowest BCUT2D eigenvalue weighted by atomic mass is 9.74.